The second-order valence-corrected chi connectivity index (χ2v) is 4.61. The lowest BCUT2D eigenvalue weighted by Crippen LogP contribution is -2.37. The topological polar surface area (TPSA) is 29.1 Å². The van der Waals surface area contributed by atoms with Crippen molar-refractivity contribution in [3.8, 4) is 0 Å². The van der Waals surface area contributed by atoms with E-state index in [0.717, 1.165) is 12.8 Å². The highest BCUT2D eigenvalue weighted by atomic mass is 32.1. The van der Waals surface area contributed by atoms with Crippen LogP contribution in [0.2, 0.25) is 0 Å². The Morgan fingerprint density at radius 1 is 1.38 bits per heavy atom. The van der Waals surface area contributed by atoms with Crippen molar-refractivity contribution in [2.75, 3.05) is 0 Å². The summed E-state index contributed by atoms with van der Waals surface area (Å²) in [6.45, 7) is 8.20. The van der Waals surface area contributed by atoms with Crippen molar-refractivity contribution in [3.05, 3.63) is 0 Å². The maximum absolute atomic E-state index is 11.2. The summed E-state index contributed by atoms with van der Waals surface area (Å²) < 4.78 is 0. The maximum atomic E-state index is 11.2. The van der Waals surface area contributed by atoms with Gasteiger partial charge in [-0.1, -0.05) is 20.3 Å². The van der Waals surface area contributed by atoms with Crippen molar-refractivity contribution in [2.24, 2.45) is 5.92 Å². The number of amides is 1. The fourth-order valence-corrected chi connectivity index (χ4v) is 1.27. The quantitative estimate of drug-likeness (QED) is 0.659. The highest BCUT2D eigenvalue weighted by Crippen LogP contribution is 2.09. The SMILES string of the molecule is CCC(C)CC(C)NC(=O)C(C)S. The van der Waals surface area contributed by atoms with E-state index in [0.29, 0.717) is 5.92 Å². The molecule has 3 unspecified atom stereocenters. The normalized spacial score (nSPS) is 17.6. The minimum absolute atomic E-state index is 0.0270. The maximum Gasteiger partial charge on any atom is 0.232 e. The molecule has 78 valence electrons. The second kappa shape index (κ2) is 6.30. The zero-order valence-corrected chi connectivity index (χ0v) is 9.90. The fourth-order valence-electron chi connectivity index (χ4n) is 1.19. The zero-order valence-electron chi connectivity index (χ0n) is 9.00. The molecule has 13 heavy (non-hydrogen) atoms. The third-order valence-corrected chi connectivity index (χ3v) is 2.46. The van der Waals surface area contributed by atoms with Gasteiger partial charge in [0.15, 0.2) is 0 Å². The largest absolute Gasteiger partial charge is 0.353 e. The van der Waals surface area contributed by atoms with Crippen molar-refractivity contribution in [1.82, 2.24) is 5.32 Å². The van der Waals surface area contributed by atoms with Gasteiger partial charge < -0.3 is 5.32 Å². The van der Waals surface area contributed by atoms with Gasteiger partial charge in [0.05, 0.1) is 5.25 Å². The lowest BCUT2D eigenvalue weighted by molar-refractivity contribution is -0.120. The van der Waals surface area contributed by atoms with E-state index in [-0.39, 0.29) is 17.2 Å². The van der Waals surface area contributed by atoms with Gasteiger partial charge >= 0.3 is 0 Å². The summed E-state index contributed by atoms with van der Waals surface area (Å²) in [5, 5.41) is 2.72. The van der Waals surface area contributed by atoms with E-state index in [4.69, 9.17) is 0 Å². The average molecular weight is 203 g/mol. The lowest BCUT2D eigenvalue weighted by atomic mass is 10.0. The molecule has 0 heterocycles. The molecule has 0 aliphatic carbocycles. The Hall–Kier alpha value is -0.180. The number of carbonyl (C=O) groups is 1. The highest BCUT2D eigenvalue weighted by Gasteiger charge is 2.12. The number of rotatable bonds is 5. The first-order chi connectivity index (χ1) is 5.97. The summed E-state index contributed by atoms with van der Waals surface area (Å²) in [6, 6.07) is 0.261. The number of thiol groups is 1. The van der Waals surface area contributed by atoms with Gasteiger partial charge in [0.2, 0.25) is 5.91 Å². The van der Waals surface area contributed by atoms with Crippen LogP contribution in [0.3, 0.4) is 0 Å². The van der Waals surface area contributed by atoms with Gasteiger partial charge in [-0.2, -0.15) is 12.6 Å². The van der Waals surface area contributed by atoms with E-state index in [1.54, 1.807) is 6.92 Å². The molecule has 0 radical (unpaired) electrons. The van der Waals surface area contributed by atoms with Crippen LogP contribution in [-0.2, 0) is 4.79 Å². The second-order valence-electron chi connectivity index (χ2n) is 3.83. The minimum atomic E-state index is -0.209. The molecule has 1 N–H and O–H groups in total. The van der Waals surface area contributed by atoms with E-state index >= 15 is 0 Å². The number of hydrogen-bond donors (Lipinski definition) is 2. The molecule has 0 aliphatic heterocycles. The Balaban J connectivity index is 3.74. The number of nitrogens with one attached hydrogen (secondary N) is 1. The summed E-state index contributed by atoms with van der Waals surface area (Å²) >= 11 is 4.07. The van der Waals surface area contributed by atoms with Crippen LogP contribution in [0.15, 0.2) is 0 Å². The smallest absolute Gasteiger partial charge is 0.232 e. The standard InChI is InChI=1S/C10H21NOS/c1-5-7(2)6-8(3)11-10(12)9(4)13/h7-9,13H,5-6H2,1-4H3,(H,11,12). The van der Waals surface area contributed by atoms with Crippen molar-refractivity contribution >= 4 is 18.5 Å². The molecule has 0 spiro atoms. The van der Waals surface area contributed by atoms with Gasteiger partial charge in [-0.3, -0.25) is 4.79 Å². The minimum Gasteiger partial charge on any atom is -0.353 e. The summed E-state index contributed by atoms with van der Waals surface area (Å²) in [5.41, 5.74) is 0. The van der Waals surface area contributed by atoms with Crippen molar-refractivity contribution in [2.45, 2.75) is 51.8 Å². The summed E-state index contributed by atoms with van der Waals surface area (Å²) in [4.78, 5) is 11.2. The Kier molecular flexibility index (Phi) is 6.21. The van der Waals surface area contributed by atoms with Gasteiger partial charge in [0.25, 0.3) is 0 Å². The molecule has 0 rings (SSSR count). The molecule has 0 aliphatic rings. The molecule has 0 fully saturated rings. The third-order valence-electron chi connectivity index (χ3n) is 2.22. The predicted octanol–water partition coefficient (Wildman–Crippen LogP) is 2.25. The van der Waals surface area contributed by atoms with Crippen molar-refractivity contribution in [1.29, 1.82) is 0 Å². The summed E-state index contributed by atoms with van der Waals surface area (Å²) in [7, 11) is 0. The zero-order chi connectivity index (χ0) is 10.4. The Morgan fingerprint density at radius 2 is 1.92 bits per heavy atom. The van der Waals surface area contributed by atoms with E-state index in [2.05, 4.69) is 31.8 Å². The molecule has 0 saturated heterocycles. The third kappa shape index (κ3) is 5.97. The first-order valence-electron chi connectivity index (χ1n) is 4.95. The van der Waals surface area contributed by atoms with Crippen molar-refractivity contribution < 1.29 is 4.79 Å². The Bertz CT molecular complexity index is 159. The van der Waals surface area contributed by atoms with Crippen LogP contribution in [0, 0.1) is 5.92 Å². The lowest BCUT2D eigenvalue weighted by Gasteiger charge is -2.18. The van der Waals surface area contributed by atoms with E-state index in [1.165, 1.54) is 0 Å². The van der Waals surface area contributed by atoms with Gasteiger partial charge in [0, 0.05) is 6.04 Å². The molecule has 0 bridgehead atoms. The Labute approximate surface area is 86.9 Å². The highest BCUT2D eigenvalue weighted by molar-refractivity contribution is 7.81. The summed E-state index contributed by atoms with van der Waals surface area (Å²) in [5.74, 6) is 0.699. The molecular formula is C10H21NOS. The van der Waals surface area contributed by atoms with Gasteiger partial charge in [-0.25, -0.2) is 0 Å². The van der Waals surface area contributed by atoms with Crippen LogP contribution in [0.4, 0.5) is 0 Å². The molecule has 3 heteroatoms. The summed E-state index contributed by atoms with van der Waals surface area (Å²) in [6.07, 6.45) is 2.21. The Morgan fingerprint density at radius 3 is 2.31 bits per heavy atom. The predicted molar refractivity (Wildman–Crippen MR) is 60.1 cm³/mol. The van der Waals surface area contributed by atoms with Crippen LogP contribution < -0.4 is 5.32 Å². The van der Waals surface area contributed by atoms with Crippen LogP contribution >= 0.6 is 12.6 Å². The molecule has 2 nitrogen and oxygen atoms in total. The molecule has 3 atom stereocenters. The van der Waals surface area contributed by atoms with Gasteiger partial charge in [-0.15, -0.1) is 0 Å². The van der Waals surface area contributed by atoms with Crippen LogP contribution in [-0.4, -0.2) is 17.2 Å². The van der Waals surface area contributed by atoms with Crippen molar-refractivity contribution in [3.63, 3.8) is 0 Å². The van der Waals surface area contributed by atoms with E-state index in [9.17, 15) is 4.79 Å². The molecule has 0 aromatic carbocycles. The first-order valence-corrected chi connectivity index (χ1v) is 5.47. The van der Waals surface area contributed by atoms with E-state index < -0.39 is 0 Å². The molecule has 0 aromatic rings. The molecular weight excluding hydrogens is 182 g/mol. The number of carbonyl (C=O) groups excluding carboxylic acids is 1. The molecule has 0 aromatic heterocycles. The van der Waals surface area contributed by atoms with E-state index in [1.807, 2.05) is 6.92 Å². The average Bonchev–Trinajstić information content (AvgIpc) is 2.03. The van der Waals surface area contributed by atoms with Crippen LogP contribution in [0.25, 0.3) is 0 Å². The molecule has 0 saturated carbocycles. The monoisotopic (exact) mass is 203 g/mol. The number of hydrogen-bond acceptors (Lipinski definition) is 2. The van der Waals surface area contributed by atoms with Crippen LogP contribution in [0.1, 0.15) is 40.5 Å². The molecule has 1 amide bonds. The van der Waals surface area contributed by atoms with Gasteiger partial charge in [0.1, 0.15) is 0 Å². The fraction of sp³-hybridized carbons (Fsp3) is 0.900. The first kappa shape index (κ1) is 12.8. The van der Waals surface area contributed by atoms with Gasteiger partial charge in [-0.05, 0) is 26.2 Å². The van der Waals surface area contributed by atoms with Crippen LogP contribution in [0.5, 0.6) is 0 Å².